The van der Waals surface area contributed by atoms with Gasteiger partial charge in [-0.3, -0.25) is 9.59 Å². The number of hydrogen-bond acceptors (Lipinski definition) is 6. The first kappa shape index (κ1) is 28.9. The molecule has 6 rings (SSSR count). The van der Waals surface area contributed by atoms with Crippen LogP contribution in [0, 0.1) is 0 Å². The molecule has 8 nitrogen and oxygen atoms in total. The highest BCUT2D eigenvalue weighted by molar-refractivity contribution is 6.32. The predicted octanol–water partition coefficient (Wildman–Crippen LogP) is 8.10. The Kier molecular flexibility index (Phi) is 8.02. The third-order valence-electron chi connectivity index (χ3n) is 7.14. The number of nitrogens with zero attached hydrogens (tertiary/aromatic N) is 4. The van der Waals surface area contributed by atoms with Gasteiger partial charge in [-0.05, 0) is 97.8 Å². The molecule has 0 radical (unpaired) electrons. The number of carbonyl (C=O) groups excluding carboxylic acids is 2. The molecule has 0 saturated carbocycles. The average Bonchev–Trinajstić information content (AvgIpc) is 3.48. The van der Waals surface area contributed by atoms with E-state index in [1.165, 1.54) is 10.0 Å². The molecule has 0 bridgehead atoms. The molecule has 0 fully saturated rings. The van der Waals surface area contributed by atoms with Crippen molar-refractivity contribution in [3.05, 3.63) is 131 Å². The van der Waals surface area contributed by atoms with Gasteiger partial charge in [0.2, 0.25) is 0 Å². The van der Waals surface area contributed by atoms with Crippen molar-refractivity contribution in [1.29, 1.82) is 0 Å². The number of hydrazone groups is 2. The van der Waals surface area contributed by atoms with Crippen LogP contribution in [0.25, 0.3) is 11.1 Å². The van der Waals surface area contributed by atoms with E-state index in [1.54, 1.807) is 74.8 Å². The highest BCUT2D eigenvalue weighted by Gasteiger charge is 2.29. The first-order valence-corrected chi connectivity index (χ1v) is 14.5. The molecule has 0 saturated heterocycles. The maximum absolute atomic E-state index is 13.0. The van der Waals surface area contributed by atoms with Gasteiger partial charge in [0.05, 0.1) is 33.9 Å². The normalized spacial score (nSPS) is 16.5. The molecular weight excluding hydrogens is 595 g/mol. The molecule has 2 N–H and O–H groups in total. The minimum absolute atomic E-state index is 0.211. The smallest absolute Gasteiger partial charge is 0.282 e. The molecule has 4 aromatic rings. The molecule has 0 unspecified atom stereocenters. The zero-order valence-electron chi connectivity index (χ0n) is 23.8. The van der Waals surface area contributed by atoms with Crippen molar-refractivity contribution in [3.63, 3.8) is 0 Å². The summed E-state index contributed by atoms with van der Waals surface area (Å²) in [6, 6.07) is 29.8. The number of amides is 2. The Labute approximate surface area is 264 Å². The van der Waals surface area contributed by atoms with Crippen LogP contribution in [0.4, 0.5) is 22.7 Å². The Balaban J connectivity index is 1.08. The van der Waals surface area contributed by atoms with Crippen LogP contribution in [0.3, 0.4) is 0 Å². The lowest BCUT2D eigenvalue weighted by Gasteiger charge is -2.11. The van der Waals surface area contributed by atoms with E-state index in [0.29, 0.717) is 44.0 Å². The molecule has 4 aromatic carbocycles. The van der Waals surface area contributed by atoms with E-state index in [9.17, 15) is 9.59 Å². The number of halogens is 2. The Bertz CT molecular complexity index is 1720. The third-order valence-corrected chi connectivity index (χ3v) is 7.64. The minimum Gasteiger partial charge on any atom is -0.361 e. The zero-order chi connectivity index (χ0) is 30.8. The maximum atomic E-state index is 13.0. The van der Waals surface area contributed by atoms with E-state index in [0.717, 1.165) is 22.5 Å². The molecule has 0 atom stereocenters. The van der Waals surface area contributed by atoms with E-state index in [4.69, 9.17) is 23.2 Å². The second-order valence-electron chi connectivity index (χ2n) is 10.1. The molecule has 44 heavy (non-hydrogen) atoms. The van der Waals surface area contributed by atoms with Crippen LogP contribution in [0.15, 0.2) is 131 Å². The molecule has 2 aliphatic rings. The van der Waals surface area contributed by atoms with E-state index in [-0.39, 0.29) is 11.8 Å². The summed E-state index contributed by atoms with van der Waals surface area (Å²) in [5, 5.41) is 19.1. The van der Waals surface area contributed by atoms with Crippen molar-refractivity contribution < 1.29 is 9.59 Å². The van der Waals surface area contributed by atoms with Crippen LogP contribution in [0.5, 0.6) is 0 Å². The van der Waals surface area contributed by atoms with Gasteiger partial charge in [-0.2, -0.15) is 20.2 Å². The fourth-order valence-electron chi connectivity index (χ4n) is 4.71. The van der Waals surface area contributed by atoms with Gasteiger partial charge < -0.3 is 10.6 Å². The van der Waals surface area contributed by atoms with E-state index >= 15 is 0 Å². The Morgan fingerprint density at radius 3 is 1.23 bits per heavy atom. The lowest BCUT2D eigenvalue weighted by Crippen LogP contribution is -2.21. The highest BCUT2D eigenvalue weighted by atomic mass is 35.5. The van der Waals surface area contributed by atoms with Crippen molar-refractivity contribution >= 4 is 69.2 Å². The van der Waals surface area contributed by atoms with Crippen LogP contribution in [0.1, 0.15) is 13.8 Å². The first-order valence-electron chi connectivity index (χ1n) is 13.7. The van der Waals surface area contributed by atoms with Crippen LogP contribution in [-0.4, -0.2) is 23.2 Å². The molecule has 0 spiro atoms. The van der Waals surface area contributed by atoms with E-state index in [2.05, 4.69) is 20.8 Å². The van der Waals surface area contributed by atoms with Crippen LogP contribution in [0.2, 0.25) is 10.0 Å². The number of benzene rings is 4. The molecule has 218 valence electrons. The first-order chi connectivity index (χ1) is 21.3. The number of carbonyl (C=O) groups is 2. The summed E-state index contributed by atoms with van der Waals surface area (Å²) >= 11 is 11.9. The number of rotatable bonds is 7. The summed E-state index contributed by atoms with van der Waals surface area (Å²) in [6.45, 7) is 3.60. The van der Waals surface area contributed by atoms with Gasteiger partial charge >= 0.3 is 0 Å². The second-order valence-corrected chi connectivity index (χ2v) is 11.0. The standard InChI is InChI=1S/C34H26Cl2N6O2/c1-21-31(33(43)41(39-21)29-15-7-25(35)8-16-29)19-37-27-11-3-23(4-12-27)24-5-13-28(14-6-24)38-20-32-22(2)40-42(34(32)44)30-17-9-26(36)10-18-30/h3-20,37-38H,1-2H3/b31-19-,32-20-. The van der Waals surface area contributed by atoms with Gasteiger partial charge in [-0.1, -0.05) is 47.5 Å². The van der Waals surface area contributed by atoms with Crippen LogP contribution < -0.4 is 20.7 Å². The number of hydrogen-bond donors (Lipinski definition) is 2. The predicted molar refractivity (Wildman–Crippen MR) is 179 cm³/mol. The molecular formula is C34H26Cl2N6O2. The fourth-order valence-corrected chi connectivity index (χ4v) is 4.96. The third kappa shape index (κ3) is 5.99. The summed E-state index contributed by atoms with van der Waals surface area (Å²) in [4.78, 5) is 25.9. The summed E-state index contributed by atoms with van der Waals surface area (Å²) in [6.07, 6.45) is 3.36. The lowest BCUT2D eigenvalue weighted by atomic mass is 10.0. The van der Waals surface area contributed by atoms with E-state index < -0.39 is 0 Å². The van der Waals surface area contributed by atoms with Crippen molar-refractivity contribution in [2.45, 2.75) is 13.8 Å². The maximum Gasteiger partial charge on any atom is 0.282 e. The van der Waals surface area contributed by atoms with Crippen molar-refractivity contribution in [3.8, 4) is 11.1 Å². The second kappa shape index (κ2) is 12.2. The number of nitrogens with one attached hydrogen (secondary N) is 2. The van der Waals surface area contributed by atoms with Gasteiger partial charge in [-0.15, -0.1) is 0 Å². The summed E-state index contributed by atoms with van der Waals surface area (Å²) in [7, 11) is 0. The average molecular weight is 622 g/mol. The quantitative estimate of drug-likeness (QED) is 0.204. The Hall–Kier alpha value is -5.18. The molecule has 2 amide bonds. The number of anilines is 4. The largest absolute Gasteiger partial charge is 0.361 e. The van der Waals surface area contributed by atoms with Crippen molar-refractivity contribution in [2.24, 2.45) is 10.2 Å². The van der Waals surface area contributed by atoms with Crippen LogP contribution in [-0.2, 0) is 9.59 Å². The fraction of sp³-hybridized carbons (Fsp3) is 0.0588. The Morgan fingerprint density at radius 1 is 0.545 bits per heavy atom. The van der Waals surface area contributed by atoms with Crippen LogP contribution >= 0.6 is 23.2 Å². The topological polar surface area (TPSA) is 89.4 Å². The summed E-state index contributed by atoms with van der Waals surface area (Å²) in [5.74, 6) is -0.422. The monoisotopic (exact) mass is 620 g/mol. The Morgan fingerprint density at radius 2 is 0.886 bits per heavy atom. The summed E-state index contributed by atoms with van der Waals surface area (Å²) < 4.78 is 0. The summed E-state index contributed by atoms with van der Waals surface area (Å²) in [5.41, 5.74) is 7.26. The van der Waals surface area contributed by atoms with Gasteiger partial charge in [0.15, 0.2) is 0 Å². The molecule has 2 aliphatic heterocycles. The highest BCUT2D eigenvalue weighted by Crippen LogP contribution is 2.28. The van der Waals surface area contributed by atoms with E-state index in [1.807, 2.05) is 48.5 Å². The van der Waals surface area contributed by atoms with Gasteiger partial charge in [-0.25, -0.2) is 0 Å². The van der Waals surface area contributed by atoms with Gasteiger partial charge in [0, 0.05) is 33.8 Å². The van der Waals surface area contributed by atoms with Crippen molar-refractivity contribution in [1.82, 2.24) is 0 Å². The molecule has 10 heteroatoms. The molecule has 2 heterocycles. The SMILES string of the molecule is CC1=NN(c2ccc(Cl)cc2)C(=O)/C1=C\Nc1ccc(-c2ccc(N/C=C3\C(=O)N(c4ccc(Cl)cc4)N=C3C)cc2)cc1. The molecule has 0 aliphatic carbocycles. The van der Waals surface area contributed by atoms with Crippen molar-refractivity contribution in [2.75, 3.05) is 20.7 Å². The zero-order valence-corrected chi connectivity index (χ0v) is 25.3. The molecule has 0 aromatic heterocycles. The minimum atomic E-state index is -0.211. The van der Waals surface area contributed by atoms with Gasteiger partial charge in [0.1, 0.15) is 0 Å². The lowest BCUT2D eigenvalue weighted by molar-refractivity contribution is -0.115. The van der Waals surface area contributed by atoms with Gasteiger partial charge in [0.25, 0.3) is 11.8 Å².